The van der Waals surface area contributed by atoms with Gasteiger partial charge in [0.15, 0.2) is 0 Å². The van der Waals surface area contributed by atoms with Crippen LogP contribution in [0, 0.1) is 27.7 Å². The predicted molar refractivity (Wildman–Crippen MR) is 85.0 cm³/mol. The van der Waals surface area contributed by atoms with Gasteiger partial charge in [0, 0.05) is 18.2 Å². The van der Waals surface area contributed by atoms with E-state index in [1.54, 1.807) is 7.11 Å². The molecular formula is C19H20O3. The number of methoxy groups -OCH3 is 1. The molecule has 0 aromatic heterocycles. The second-order valence-electron chi connectivity index (χ2n) is 5.98. The third-order valence-corrected chi connectivity index (χ3v) is 4.42. The fraction of sp³-hybridized carbons (Fsp3) is 0.316. The van der Waals surface area contributed by atoms with Crippen molar-refractivity contribution in [3.63, 3.8) is 0 Å². The van der Waals surface area contributed by atoms with Gasteiger partial charge < -0.3 is 9.47 Å². The number of ether oxygens (including phenoxy) is 2. The summed E-state index contributed by atoms with van der Waals surface area (Å²) in [5, 5.41) is 0. The maximum Gasteiger partial charge on any atom is 0.342 e. The highest BCUT2D eigenvalue weighted by Crippen LogP contribution is 2.46. The molecule has 1 atom stereocenters. The molecule has 0 N–H and O–H groups in total. The summed E-state index contributed by atoms with van der Waals surface area (Å²) in [4.78, 5) is 12.5. The lowest BCUT2D eigenvalue weighted by molar-refractivity contribution is -0.155. The van der Waals surface area contributed by atoms with Gasteiger partial charge in [0.2, 0.25) is 0 Å². The summed E-state index contributed by atoms with van der Waals surface area (Å²) >= 11 is 0. The van der Waals surface area contributed by atoms with Gasteiger partial charge in [0.05, 0.1) is 5.56 Å². The number of esters is 1. The fourth-order valence-corrected chi connectivity index (χ4v) is 3.36. The third-order valence-electron chi connectivity index (χ3n) is 4.42. The van der Waals surface area contributed by atoms with Crippen LogP contribution in [0.2, 0.25) is 0 Å². The summed E-state index contributed by atoms with van der Waals surface area (Å²) in [7, 11) is 1.59. The average Bonchev–Trinajstić information content (AvgIpc) is 2.78. The highest BCUT2D eigenvalue weighted by Gasteiger charge is 2.50. The van der Waals surface area contributed by atoms with E-state index in [0.29, 0.717) is 5.56 Å². The minimum Gasteiger partial charge on any atom is -0.420 e. The molecule has 0 aliphatic carbocycles. The van der Waals surface area contributed by atoms with Crippen LogP contribution in [0.15, 0.2) is 30.3 Å². The Morgan fingerprint density at radius 2 is 1.64 bits per heavy atom. The number of cyclic esters (lactones) is 1. The fourth-order valence-electron chi connectivity index (χ4n) is 3.36. The number of carbonyl (C=O) groups excluding carboxylic acids is 1. The molecule has 0 saturated carbocycles. The Labute approximate surface area is 130 Å². The molecule has 3 heteroatoms. The topological polar surface area (TPSA) is 35.5 Å². The largest absolute Gasteiger partial charge is 0.420 e. The quantitative estimate of drug-likeness (QED) is 0.787. The zero-order valence-corrected chi connectivity index (χ0v) is 13.6. The summed E-state index contributed by atoms with van der Waals surface area (Å²) in [6, 6.07) is 10.0. The van der Waals surface area contributed by atoms with E-state index in [0.717, 1.165) is 33.4 Å². The monoisotopic (exact) mass is 296 g/mol. The zero-order chi connectivity index (χ0) is 16.1. The predicted octanol–water partition coefficient (Wildman–Crippen LogP) is 3.94. The zero-order valence-electron chi connectivity index (χ0n) is 13.6. The maximum absolute atomic E-state index is 12.5. The number of hydrogen-bond donors (Lipinski definition) is 0. The molecule has 0 amide bonds. The first-order valence-electron chi connectivity index (χ1n) is 7.37. The Hall–Kier alpha value is -2.13. The third kappa shape index (κ3) is 1.89. The van der Waals surface area contributed by atoms with Crippen molar-refractivity contribution in [3.05, 3.63) is 69.3 Å². The number of rotatable bonds is 2. The van der Waals surface area contributed by atoms with Crippen molar-refractivity contribution < 1.29 is 14.3 Å². The standard InChI is InChI=1S/C19H20O3/c1-11-6-9-15(14(4)10-11)19(21-5)17-13(3)8-7-12(2)16(17)18(20)22-19/h6-10H,1-5H3/t19-/m1/s1. The molecule has 1 aliphatic rings. The molecule has 0 unspecified atom stereocenters. The maximum atomic E-state index is 12.5. The van der Waals surface area contributed by atoms with E-state index in [4.69, 9.17) is 9.47 Å². The van der Waals surface area contributed by atoms with E-state index in [1.807, 2.05) is 52.0 Å². The first-order valence-corrected chi connectivity index (χ1v) is 7.37. The van der Waals surface area contributed by atoms with Crippen LogP contribution in [0.4, 0.5) is 0 Å². The van der Waals surface area contributed by atoms with Gasteiger partial charge in [-0.05, 0) is 44.4 Å². The minimum atomic E-state index is -1.15. The molecule has 2 aromatic carbocycles. The summed E-state index contributed by atoms with van der Waals surface area (Å²) in [6.07, 6.45) is 0. The normalized spacial score (nSPS) is 20.0. The van der Waals surface area contributed by atoms with Crippen LogP contribution in [0.3, 0.4) is 0 Å². The highest BCUT2D eigenvalue weighted by atomic mass is 16.7. The van der Waals surface area contributed by atoms with Crippen LogP contribution in [-0.2, 0) is 15.3 Å². The van der Waals surface area contributed by atoms with Crippen LogP contribution in [0.1, 0.15) is 43.7 Å². The Kier molecular flexibility index (Phi) is 3.33. The number of hydrogen-bond acceptors (Lipinski definition) is 3. The Balaban J connectivity index is 2.35. The molecule has 3 rings (SSSR count). The van der Waals surface area contributed by atoms with Gasteiger partial charge in [-0.1, -0.05) is 35.9 Å². The molecule has 2 aromatic rings. The van der Waals surface area contributed by atoms with Crippen LogP contribution in [0.25, 0.3) is 0 Å². The van der Waals surface area contributed by atoms with Crippen molar-refractivity contribution in [1.29, 1.82) is 0 Å². The molecular weight excluding hydrogens is 276 g/mol. The summed E-state index contributed by atoms with van der Waals surface area (Å²) < 4.78 is 11.6. The summed E-state index contributed by atoms with van der Waals surface area (Å²) in [6.45, 7) is 7.96. The van der Waals surface area contributed by atoms with Gasteiger partial charge in [0.25, 0.3) is 5.79 Å². The molecule has 0 spiro atoms. The van der Waals surface area contributed by atoms with E-state index in [2.05, 4.69) is 6.07 Å². The minimum absolute atomic E-state index is 0.321. The molecule has 22 heavy (non-hydrogen) atoms. The Bertz CT molecular complexity index is 776. The molecule has 0 saturated heterocycles. The van der Waals surface area contributed by atoms with E-state index in [1.165, 1.54) is 0 Å². The second-order valence-corrected chi connectivity index (χ2v) is 5.98. The average molecular weight is 296 g/mol. The van der Waals surface area contributed by atoms with E-state index in [-0.39, 0.29) is 5.97 Å². The Morgan fingerprint density at radius 3 is 2.27 bits per heavy atom. The molecule has 1 aliphatic heterocycles. The molecule has 3 nitrogen and oxygen atoms in total. The summed E-state index contributed by atoms with van der Waals surface area (Å²) in [5.41, 5.74) is 6.44. The van der Waals surface area contributed by atoms with E-state index >= 15 is 0 Å². The molecule has 114 valence electrons. The van der Waals surface area contributed by atoms with Crippen molar-refractivity contribution in [2.75, 3.05) is 7.11 Å². The van der Waals surface area contributed by atoms with Crippen LogP contribution in [0.5, 0.6) is 0 Å². The van der Waals surface area contributed by atoms with E-state index in [9.17, 15) is 4.79 Å². The smallest absolute Gasteiger partial charge is 0.342 e. The molecule has 0 fully saturated rings. The van der Waals surface area contributed by atoms with Crippen LogP contribution >= 0.6 is 0 Å². The molecule has 0 radical (unpaired) electrons. The van der Waals surface area contributed by atoms with Gasteiger partial charge in [0.1, 0.15) is 0 Å². The van der Waals surface area contributed by atoms with Gasteiger partial charge in [-0.2, -0.15) is 0 Å². The number of carbonyl (C=O) groups is 1. The molecule has 0 bridgehead atoms. The van der Waals surface area contributed by atoms with Crippen molar-refractivity contribution >= 4 is 5.97 Å². The van der Waals surface area contributed by atoms with Crippen molar-refractivity contribution in [1.82, 2.24) is 0 Å². The summed E-state index contributed by atoms with van der Waals surface area (Å²) in [5.74, 6) is -1.47. The lowest BCUT2D eigenvalue weighted by Crippen LogP contribution is -2.31. The lowest BCUT2D eigenvalue weighted by atomic mass is 9.87. The lowest BCUT2D eigenvalue weighted by Gasteiger charge is -2.30. The van der Waals surface area contributed by atoms with Crippen molar-refractivity contribution in [2.24, 2.45) is 0 Å². The first kappa shape index (κ1) is 14.8. The first-order chi connectivity index (χ1) is 10.4. The second kappa shape index (κ2) is 4.96. The number of aryl methyl sites for hydroxylation is 4. The van der Waals surface area contributed by atoms with Gasteiger partial charge in [-0.15, -0.1) is 0 Å². The van der Waals surface area contributed by atoms with Gasteiger partial charge >= 0.3 is 5.97 Å². The number of fused-ring (bicyclic) bond motifs is 1. The van der Waals surface area contributed by atoms with E-state index < -0.39 is 5.79 Å². The molecule has 1 heterocycles. The van der Waals surface area contributed by atoms with Gasteiger partial charge in [-0.3, -0.25) is 0 Å². The van der Waals surface area contributed by atoms with Crippen LogP contribution in [-0.4, -0.2) is 13.1 Å². The van der Waals surface area contributed by atoms with Crippen molar-refractivity contribution in [3.8, 4) is 0 Å². The SMILES string of the molecule is CO[C@]1(c2ccc(C)cc2C)OC(=O)c2c(C)ccc(C)c21. The van der Waals surface area contributed by atoms with Crippen molar-refractivity contribution in [2.45, 2.75) is 33.5 Å². The highest BCUT2D eigenvalue weighted by molar-refractivity contribution is 5.97. The van der Waals surface area contributed by atoms with Gasteiger partial charge in [-0.25, -0.2) is 4.79 Å². The number of benzene rings is 2. The van der Waals surface area contributed by atoms with Crippen LogP contribution < -0.4 is 0 Å². The Morgan fingerprint density at radius 1 is 0.955 bits per heavy atom.